The highest BCUT2D eigenvalue weighted by atomic mass is 16.5. The highest BCUT2D eigenvalue weighted by Gasteiger charge is 2.48. The molecule has 3 fully saturated rings. The fourth-order valence-corrected chi connectivity index (χ4v) is 4.31. The lowest BCUT2D eigenvalue weighted by Gasteiger charge is -2.36. The summed E-state index contributed by atoms with van der Waals surface area (Å²) < 4.78 is 5.93. The van der Waals surface area contributed by atoms with Crippen LogP contribution in [0.15, 0.2) is 0 Å². The maximum atomic E-state index is 12.0. The molecule has 2 aliphatic heterocycles. The van der Waals surface area contributed by atoms with Gasteiger partial charge in [-0.2, -0.15) is 0 Å². The van der Waals surface area contributed by atoms with Gasteiger partial charge in [0.25, 0.3) is 5.91 Å². The number of nitrogens with one attached hydrogen (secondary N) is 3. The molecule has 1 spiro atoms. The molecule has 0 radical (unpaired) electrons. The van der Waals surface area contributed by atoms with Crippen LogP contribution in [0.1, 0.15) is 52.9 Å². The van der Waals surface area contributed by atoms with E-state index >= 15 is 0 Å². The van der Waals surface area contributed by atoms with Gasteiger partial charge in [0, 0.05) is 25.1 Å². The highest BCUT2D eigenvalue weighted by Crippen LogP contribution is 2.35. The maximum Gasteiger partial charge on any atom is 0.322 e. The number of urea groups is 1. The second-order valence-corrected chi connectivity index (χ2v) is 8.38. The minimum Gasteiger partial charge on any atom is -0.377 e. The maximum absolute atomic E-state index is 12.0. The molecule has 2 heterocycles. The summed E-state index contributed by atoms with van der Waals surface area (Å²) in [5.41, 5.74) is -0.481. The third-order valence-electron chi connectivity index (χ3n) is 5.59. The summed E-state index contributed by atoms with van der Waals surface area (Å²) in [6.45, 7) is 8.54. The van der Waals surface area contributed by atoms with Crippen LogP contribution < -0.4 is 16.0 Å². The summed E-state index contributed by atoms with van der Waals surface area (Å²) in [7, 11) is 0. The Labute approximate surface area is 138 Å². The molecule has 1 aliphatic carbocycles. The Morgan fingerprint density at radius 1 is 1.22 bits per heavy atom. The number of rotatable bonds is 3. The van der Waals surface area contributed by atoms with Crippen LogP contribution in [0, 0.1) is 11.3 Å². The van der Waals surface area contributed by atoms with Crippen LogP contribution in [-0.4, -0.2) is 42.8 Å². The minimum absolute atomic E-state index is 0.155. The quantitative estimate of drug-likeness (QED) is 0.689. The molecule has 3 aliphatic rings. The summed E-state index contributed by atoms with van der Waals surface area (Å²) in [6, 6.07) is 0.0738. The average molecular weight is 323 g/mol. The summed E-state index contributed by atoms with van der Waals surface area (Å²) in [5, 5.41) is 8.86. The van der Waals surface area contributed by atoms with Crippen molar-refractivity contribution in [2.24, 2.45) is 11.3 Å². The summed E-state index contributed by atoms with van der Waals surface area (Å²) >= 11 is 0. The fourth-order valence-electron chi connectivity index (χ4n) is 4.31. The van der Waals surface area contributed by atoms with Gasteiger partial charge in [0.15, 0.2) is 0 Å². The van der Waals surface area contributed by atoms with Crippen LogP contribution in [0.4, 0.5) is 4.79 Å². The van der Waals surface area contributed by atoms with E-state index in [1.54, 1.807) is 0 Å². The van der Waals surface area contributed by atoms with Crippen LogP contribution in [0.25, 0.3) is 0 Å². The molecule has 130 valence electrons. The Balaban J connectivity index is 1.48. The third kappa shape index (κ3) is 3.38. The second-order valence-electron chi connectivity index (χ2n) is 8.38. The van der Waals surface area contributed by atoms with E-state index < -0.39 is 5.54 Å². The van der Waals surface area contributed by atoms with Gasteiger partial charge in [-0.15, -0.1) is 0 Å². The summed E-state index contributed by atoms with van der Waals surface area (Å²) in [5.74, 6) is 0.401. The van der Waals surface area contributed by atoms with Crippen LogP contribution in [0.3, 0.4) is 0 Å². The number of amides is 3. The molecular weight excluding hydrogens is 294 g/mol. The second kappa shape index (κ2) is 6.06. The van der Waals surface area contributed by atoms with Crippen molar-refractivity contribution in [3.8, 4) is 0 Å². The molecule has 6 nitrogen and oxygen atoms in total. The first-order valence-electron chi connectivity index (χ1n) is 8.79. The van der Waals surface area contributed by atoms with E-state index in [4.69, 9.17) is 4.74 Å². The van der Waals surface area contributed by atoms with E-state index in [0.29, 0.717) is 30.9 Å². The molecule has 23 heavy (non-hydrogen) atoms. The topological polar surface area (TPSA) is 79.5 Å². The molecule has 2 saturated heterocycles. The zero-order valence-corrected chi connectivity index (χ0v) is 14.4. The van der Waals surface area contributed by atoms with E-state index in [1.807, 2.05) is 0 Å². The Morgan fingerprint density at radius 2 is 1.91 bits per heavy atom. The largest absolute Gasteiger partial charge is 0.377 e. The van der Waals surface area contributed by atoms with Gasteiger partial charge in [0.2, 0.25) is 0 Å². The van der Waals surface area contributed by atoms with Crippen LogP contribution in [0.2, 0.25) is 0 Å². The zero-order chi connectivity index (χ0) is 16.7. The van der Waals surface area contributed by atoms with Gasteiger partial charge >= 0.3 is 6.03 Å². The lowest BCUT2D eigenvalue weighted by atomic mass is 9.78. The van der Waals surface area contributed by atoms with Crippen molar-refractivity contribution in [3.05, 3.63) is 0 Å². The Morgan fingerprint density at radius 3 is 2.48 bits per heavy atom. The molecule has 2 atom stereocenters. The van der Waals surface area contributed by atoms with Crippen molar-refractivity contribution >= 4 is 11.9 Å². The monoisotopic (exact) mass is 323 g/mol. The molecule has 1 saturated carbocycles. The number of imide groups is 1. The van der Waals surface area contributed by atoms with E-state index in [1.165, 1.54) is 0 Å². The predicted octanol–water partition coefficient (Wildman–Crippen LogP) is 1.55. The minimum atomic E-state index is -0.653. The van der Waals surface area contributed by atoms with Crippen molar-refractivity contribution in [2.45, 2.75) is 70.6 Å². The SMILES string of the molecule is CC(C)(C)[C@H]1OCC[C@@H]1CNC1CCC2(CC1)NC(=O)NC2=O. The van der Waals surface area contributed by atoms with Gasteiger partial charge in [-0.25, -0.2) is 4.79 Å². The van der Waals surface area contributed by atoms with Gasteiger partial charge in [-0.3, -0.25) is 10.1 Å². The number of ether oxygens (including phenoxy) is 1. The van der Waals surface area contributed by atoms with Crippen LogP contribution >= 0.6 is 0 Å². The molecule has 0 aromatic carbocycles. The molecule has 3 amide bonds. The number of hydrogen-bond donors (Lipinski definition) is 3. The third-order valence-corrected chi connectivity index (χ3v) is 5.59. The van der Waals surface area contributed by atoms with Gasteiger partial charge in [-0.05, 0) is 37.5 Å². The molecule has 0 unspecified atom stereocenters. The van der Waals surface area contributed by atoms with E-state index in [9.17, 15) is 9.59 Å². The molecule has 0 bridgehead atoms. The van der Waals surface area contributed by atoms with E-state index in [2.05, 4.69) is 36.7 Å². The van der Waals surface area contributed by atoms with Gasteiger partial charge < -0.3 is 15.4 Å². The van der Waals surface area contributed by atoms with Crippen molar-refractivity contribution in [1.29, 1.82) is 0 Å². The van der Waals surface area contributed by atoms with Crippen molar-refractivity contribution < 1.29 is 14.3 Å². The fraction of sp³-hybridized carbons (Fsp3) is 0.882. The highest BCUT2D eigenvalue weighted by molar-refractivity contribution is 6.07. The van der Waals surface area contributed by atoms with Crippen LogP contribution in [0.5, 0.6) is 0 Å². The predicted molar refractivity (Wildman–Crippen MR) is 87.0 cm³/mol. The molecular formula is C17H29N3O3. The Kier molecular flexibility index (Phi) is 4.40. The summed E-state index contributed by atoms with van der Waals surface area (Å²) in [6.07, 6.45) is 4.69. The smallest absolute Gasteiger partial charge is 0.322 e. The van der Waals surface area contributed by atoms with Crippen molar-refractivity contribution in [2.75, 3.05) is 13.2 Å². The molecule has 3 rings (SSSR count). The molecule has 0 aromatic rings. The number of carbonyl (C=O) groups excluding carboxylic acids is 2. The molecule has 6 heteroatoms. The van der Waals surface area contributed by atoms with Crippen molar-refractivity contribution in [1.82, 2.24) is 16.0 Å². The first kappa shape index (κ1) is 16.7. The van der Waals surface area contributed by atoms with Gasteiger partial charge in [-0.1, -0.05) is 20.8 Å². The molecule has 3 N–H and O–H groups in total. The Bertz CT molecular complexity index is 478. The Hall–Kier alpha value is -1.14. The zero-order valence-electron chi connectivity index (χ0n) is 14.4. The number of carbonyl (C=O) groups is 2. The molecule has 0 aromatic heterocycles. The van der Waals surface area contributed by atoms with Gasteiger partial charge in [0.1, 0.15) is 5.54 Å². The summed E-state index contributed by atoms with van der Waals surface area (Å²) in [4.78, 5) is 23.3. The standard InChI is InChI=1S/C17H29N3O3/c1-16(2,3)13-11(6-9-23-13)10-18-12-4-7-17(8-5-12)14(21)19-15(22)20-17/h11-13,18H,4-10H2,1-3H3,(H2,19,20,21,22)/t11-,12?,13+,17?/m1/s1. The first-order valence-corrected chi connectivity index (χ1v) is 8.79. The average Bonchev–Trinajstić information content (AvgIpc) is 3.04. The lowest BCUT2D eigenvalue weighted by Crippen LogP contribution is -2.52. The number of hydrogen-bond acceptors (Lipinski definition) is 4. The van der Waals surface area contributed by atoms with E-state index in [-0.39, 0.29) is 17.4 Å². The van der Waals surface area contributed by atoms with Crippen molar-refractivity contribution in [3.63, 3.8) is 0 Å². The van der Waals surface area contributed by atoms with Gasteiger partial charge in [0.05, 0.1) is 6.10 Å². The lowest BCUT2D eigenvalue weighted by molar-refractivity contribution is -0.125. The van der Waals surface area contributed by atoms with E-state index in [0.717, 1.165) is 32.4 Å². The first-order chi connectivity index (χ1) is 10.8. The van der Waals surface area contributed by atoms with Crippen LogP contribution in [-0.2, 0) is 9.53 Å². The normalized spacial score (nSPS) is 38.0.